The van der Waals surface area contributed by atoms with Crippen LogP contribution in [0.25, 0.3) is 11.5 Å². The van der Waals surface area contributed by atoms with E-state index in [4.69, 9.17) is 27.6 Å². The van der Waals surface area contributed by atoms with Crippen molar-refractivity contribution in [2.75, 3.05) is 5.75 Å². The molecule has 0 aliphatic rings. The van der Waals surface area contributed by atoms with Gasteiger partial charge in [0.15, 0.2) is 0 Å². The van der Waals surface area contributed by atoms with E-state index in [-0.39, 0.29) is 17.7 Å². The lowest BCUT2D eigenvalue weighted by atomic mass is 10.1. The van der Waals surface area contributed by atoms with Crippen LogP contribution in [0.5, 0.6) is 0 Å². The fourth-order valence-electron chi connectivity index (χ4n) is 2.28. The van der Waals surface area contributed by atoms with Crippen LogP contribution in [-0.4, -0.2) is 21.9 Å². The summed E-state index contributed by atoms with van der Waals surface area (Å²) in [7, 11) is 0. The van der Waals surface area contributed by atoms with Gasteiger partial charge in [-0.15, -0.1) is 10.2 Å². The van der Waals surface area contributed by atoms with Gasteiger partial charge in [-0.3, -0.25) is 4.79 Å². The van der Waals surface area contributed by atoms with Crippen molar-refractivity contribution in [1.29, 1.82) is 0 Å². The van der Waals surface area contributed by atoms with Crippen LogP contribution in [0.2, 0.25) is 10.0 Å². The van der Waals surface area contributed by atoms with Gasteiger partial charge in [0.1, 0.15) is 0 Å². The highest BCUT2D eigenvalue weighted by molar-refractivity contribution is 7.99. The zero-order valence-corrected chi connectivity index (χ0v) is 16.1. The van der Waals surface area contributed by atoms with Gasteiger partial charge in [-0.1, -0.05) is 53.2 Å². The van der Waals surface area contributed by atoms with Gasteiger partial charge < -0.3 is 9.73 Å². The van der Waals surface area contributed by atoms with E-state index in [2.05, 4.69) is 15.5 Å². The lowest BCUT2D eigenvalue weighted by molar-refractivity contribution is -0.119. The third-order valence-electron chi connectivity index (χ3n) is 3.53. The molecule has 1 atom stereocenters. The molecule has 0 aliphatic heterocycles. The maximum absolute atomic E-state index is 12.1. The average Bonchev–Trinajstić information content (AvgIpc) is 3.09. The predicted molar refractivity (Wildman–Crippen MR) is 103 cm³/mol. The second kappa shape index (κ2) is 8.58. The molecule has 26 heavy (non-hydrogen) atoms. The van der Waals surface area contributed by atoms with Gasteiger partial charge in [-0.2, -0.15) is 0 Å². The summed E-state index contributed by atoms with van der Waals surface area (Å²) >= 11 is 13.1. The van der Waals surface area contributed by atoms with Gasteiger partial charge in [0.25, 0.3) is 5.22 Å². The lowest BCUT2D eigenvalue weighted by Crippen LogP contribution is -2.28. The number of carbonyl (C=O) groups is 1. The van der Waals surface area contributed by atoms with Gasteiger partial charge in [-0.25, -0.2) is 0 Å². The van der Waals surface area contributed by atoms with E-state index in [9.17, 15) is 4.79 Å². The SMILES string of the molecule is C[C@@H](NC(=O)CSc1nnc(-c2cccc(Cl)c2)o1)c1cccc(Cl)c1. The molecule has 0 unspecified atom stereocenters. The minimum Gasteiger partial charge on any atom is -0.411 e. The third kappa shape index (κ3) is 5.00. The number of carbonyl (C=O) groups excluding carboxylic acids is 1. The fraction of sp³-hybridized carbons (Fsp3) is 0.167. The van der Waals surface area contributed by atoms with Crippen LogP contribution in [0.4, 0.5) is 0 Å². The smallest absolute Gasteiger partial charge is 0.277 e. The van der Waals surface area contributed by atoms with Gasteiger partial charge in [0, 0.05) is 15.6 Å². The summed E-state index contributed by atoms with van der Waals surface area (Å²) in [5.74, 6) is 0.398. The molecule has 1 aromatic heterocycles. The molecule has 1 amide bonds. The molecule has 0 fully saturated rings. The van der Waals surface area contributed by atoms with Gasteiger partial charge in [0.2, 0.25) is 11.8 Å². The molecule has 1 N–H and O–H groups in total. The number of rotatable bonds is 6. The first-order chi connectivity index (χ1) is 12.5. The van der Waals surface area contributed by atoms with Gasteiger partial charge in [0.05, 0.1) is 11.8 Å². The topological polar surface area (TPSA) is 68.0 Å². The summed E-state index contributed by atoms with van der Waals surface area (Å²) in [5, 5.41) is 12.4. The summed E-state index contributed by atoms with van der Waals surface area (Å²) in [6.45, 7) is 1.90. The summed E-state index contributed by atoms with van der Waals surface area (Å²) in [6.07, 6.45) is 0. The predicted octanol–water partition coefficient (Wildman–Crippen LogP) is 5.01. The van der Waals surface area contributed by atoms with Crippen LogP contribution in [0.3, 0.4) is 0 Å². The minimum atomic E-state index is -0.147. The summed E-state index contributed by atoms with van der Waals surface area (Å²) in [5.41, 5.74) is 1.67. The van der Waals surface area contributed by atoms with E-state index in [1.54, 1.807) is 24.3 Å². The van der Waals surface area contributed by atoms with Crippen molar-refractivity contribution in [3.8, 4) is 11.5 Å². The Bertz CT molecular complexity index is 917. The number of aromatic nitrogens is 2. The number of halogens is 2. The zero-order chi connectivity index (χ0) is 18.5. The summed E-state index contributed by atoms with van der Waals surface area (Å²) in [4.78, 5) is 12.1. The number of thioether (sulfide) groups is 1. The molecule has 3 rings (SSSR count). The van der Waals surface area contributed by atoms with E-state index in [0.29, 0.717) is 21.2 Å². The Balaban J connectivity index is 1.55. The maximum atomic E-state index is 12.1. The second-order valence-electron chi connectivity index (χ2n) is 5.52. The third-order valence-corrected chi connectivity index (χ3v) is 4.82. The first-order valence-corrected chi connectivity index (χ1v) is 9.52. The number of hydrogen-bond donors (Lipinski definition) is 1. The molecular weight excluding hydrogens is 393 g/mol. The second-order valence-corrected chi connectivity index (χ2v) is 7.32. The molecule has 0 radical (unpaired) electrons. The first-order valence-electron chi connectivity index (χ1n) is 7.78. The number of nitrogens with zero attached hydrogens (tertiary/aromatic N) is 2. The molecule has 0 aliphatic carbocycles. The fourth-order valence-corrected chi connectivity index (χ4v) is 3.24. The minimum absolute atomic E-state index is 0.134. The Morgan fingerprint density at radius 1 is 1.15 bits per heavy atom. The highest BCUT2D eigenvalue weighted by Crippen LogP contribution is 2.25. The average molecular weight is 408 g/mol. The molecule has 1 heterocycles. The molecule has 0 saturated heterocycles. The number of hydrogen-bond acceptors (Lipinski definition) is 5. The van der Waals surface area contributed by atoms with Crippen LogP contribution in [0, 0.1) is 0 Å². The van der Waals surface area contributed by atoms with E-state index < -0.39 is 0 Å². The van der Waals surface area contributed by atoms with Gasteiger partial charge in [-0.05, 0) is 42.8 Å². The van der Waals surface area contributed by atoms with Crippen molar-refractivity contribution in [3.63, 3.8) is 0 Å². The molecular formula is C18H15Cl2N3O2S. The van der Waals surface area contributed by atoms with Crippen molar-refractivity contribution in [1.82, 2.24) is 15.5 Å². The molecule has 8 heteroatoms. The Kier molecular flexibility index (Phi) is 6.19. The van der Waals surface area contributed by atoms with Crippen LogP contribution >= 0.6 is 35.0 Å². The molecule has 2 aromatic carbocycles. The molecule has 134 valence electrons. The van der Waals surface area contributed by atoms with E-state index in [1.807, 2.05) is 31.2 Å². The maximum Gasteiger partial charge on any atom is 0.277 e. The summed E-state index contributed by atoms with van der Waals surface area (Å²) in [6, 6.07) is 14.4. The van der Waals surface area contributed by atoms with Crippen LogP contribution in [0.15, 0.2) is 58.2 Å². The number of benzene rings is 2. The number of nitrogens with one attached hydrogen (secondary N) is 1. The Labute approximate surface area is 165 Å². The van der Waals surface area contributed by atoms with Gasteiger partial charge >= 0.3 is 0 Å². The molecule has 0 spiro atoms. The van der Waals surface area contributed by atoms with Crippen molar-refractivity contribution >= 4 is 40.9 Å². The largest absolute Gasteiger partial charge is 0.411 e. The molecule has 0 saturated carbocycles. The highest BCUT2D eigenvalue weighted by atomic mass is 35.5. The Morgan fingerprint density at radius 2 is 1.88 bits per heavy atom. The van der Waals surface area contributed by atoms with Crippen LogP contribution in [-0.2, 0) is 4.79 Å². The molecule has 0 bridgehead atoms. The van der Waals surface area contributed by atoms with E-state index >= 15 is 0 Å². The van der Waals surface area contributed by atoms with Crippen molar-refractivity contribution in [3.05, 3.63) is 64.1 Å². The highest BCUT2D eigenvalue weighted by Gasteiger charge is 2.14. The van der Waals surface area contributed by atoms with Crippen molar-refractivity contribution in [2.45, 2.75) is 18.2 Å². The van der Waals surface area contributed by atoms with Crippen LogP contribution < -0.4 is 5.32 Å². The Morgan fingerprint density at radius 3 is 2.62 bits per heavy atom. The number of amides is 1. The van der Waals surface area contributed by atoms with Crippen molar-refractivity contribution < 1.29 is 9.21 Å². The first kappa shape index (κ1) is 18.8. The monoisotopic (exact) mass is 407 g/mol. The van der Waals surface area contributed by atoms with Crippen molar-refractivity contribution in [2.24, 2.45) is 0 Å². The van der Waals surface area contributed by atoms with E-state index in [1.165, 1.54) is 11.8 Å². The zero-order valence-electron chi connectivity index (χ0n) is 13.8. The molecule has 3 aromatic rings. The Hall–Kier alpha value is -2.02. The van der Waals surface area contributed by atoms with Crippen LogP contribution in [0.1, 0.15) is 18.5 Å². The quantitative estimate of drug-likeness (QED) is 0.581. The summed E-state index contributed by atoms with van der Waals surface area (Å²) < 4.78 is 5.57. The normalized spacial score (nSPS) is 12.0. The lowest BCUT2D eigenvalue weighted by Gasteiger charge is -2.14. The standard InChI is InChI=1S/C18H15Cl2N3O2S/c1-11(12-4-2-6-14(19)8-12)21-16(24)10-26-18-23-22-17(25-18)13-5-3-7-15(20)9-13/h2-9,11H,10H2,1H3,(H,21,24)/t11-/m1/s1. The van der Waals surface area contributed by atoms with E-state index in [0.717, 1.165) is 11.1 Å². The molecule has 5 nitrogen and oxygen atoms in total.